The zero-order valence-electron chi connectivity index (χ0n) is 17.4. The molecule has 1 saturated carbocycles. The molecule has 158 valence electrons. The minimum absolute atomic E-state index is 0.0778. The van der Waals surface area contributed by atoms with Crippen LogP contribution in [0.2, 0.25) is 0 Å². The summed E-state index contributed by atoms with van der Waals surface area (Å²) < 4.78 is 11.0. The third-order valence-electron chi connectivity index (χ3n) is 5.89. The highest BCUT2D eigenvalue weighted by atomic mass is 16.5. The van der Waals surface area contributed by atoms with Crippen LogP contribution in [0.3, 0.4) is 0 Å². The Kier molecular flexibility index (Phi) is 6.21. The zero-order chi connectivity index (χ0) is 20.9. The topological polar surface area (TPSA) is 107 Å². The molecule has 4 rings (SSSR count). The van der Waals surface area contributed by atoms with Crippen LogP contribution in [-0.2, 0) is 11.2 Å². The number of aromatic nitrogens is 4. The first-order valence-electron chi connectivity index (χ1n) is 10.5. The molecule has 3 aromatic heterocycles. The summed E-state index contributed by atoms with van der Waals surface area (Å²) in [5, 5.41) is 15.4. The first kappa shape index (κ1) is 20.3. The number of hydrogen-bond donors (Lipinski definition) is 1. The maximum Gasteiger partial charge on any atom is 0.266 e. The summed E-state index contributed by atoms with van der Waals surface area (Å²) in [5.41, 5.74) is 2.60. The van der Waals surface area contributed by atoms with E-state index in [-0.39, 0.29) is 11.8 Å². The van der Waals surface area contributed by atoms with Gasteiger partial charge in [0.15, 0.2) is 0 Å². The first-order chi connectivity index (χ1) is 14.6. The molecule has 0 bridgehead atoms. The number of carbonyl (C=O) groups is 1. The van der Waals surface area contributed by atoms with Crippen molar-refractivity contribution < 1.29 is 13.7 Å². The van der Waals surface area contributed by atoms with Crippen molar-refractivity contribution in [2.24, 2.45) is 5.92 Å². The smallest absolute Gasteiger partial charge is 0.266 e. The number of rotatable bonds is 7. The maximum atomic E-state index is 12.2. The molecular formula is C22H27N5O3. The summed E-state index contributed by atoms with van der Waals surface area (Å²) in [6.45, 7) is 4.51. The first-order valence-corrected chi connectivity index (χ1v) is 10.5. The molecule has 3 aromatic rings. The molecule has 0 radical (unpaired) electrons. The van der Waals surface area contributed by atoms with Crippen LogP contribution in [-0.4, -0.2) is 32.8 Å². The molecule has 0 atom stereocenters. The lowest BCUT2D eigenvalue weighted by Gasteiger charge is -2.26. The van der Waals surface area contributed by atoms with Crippen molar-refractivity contribution in [3.8, 4) is 11.6 Å². The van der Waals surface area contributed by atoms with Gasteiger partial charge in [0.1, 0.15) is 11.5 Å². The fraction of sp³-hybridized carbons (Fsp3) is 0.500. The molecule has 0 saturated heterocycles. The van der Waals surface area contributed by atoms with Gasteiger partial charge in [-0.15, -0.1) is 10.2 Å². The van der Waals surface area contributed by atoms with Crippen molar-refractivity contribution in [3.05, 3.63) is 47.3 Å². The molecule has 0 spiro atoms. The summed E-state index contributed by atoms with van der Waals surface area (Å²) in [7, 11) is 0. The van der Waals surface area contributed by atoms with Gasteiger partial charge in [-0.05, 0) is 64.0 Å². The Labute approximate surface area is 175 Å². The Hall–Kier alpha value is -3.03. The van der Waals surface area contributed by atoms with E-state index in [2.05, 4.69) is 25.7 Å². The summed E-state index contributed by atoms with van der Waals surface area (Å²) in [6, 6.07) is 5.63. The van der Waals surface area contributed by atoms with Gasteiger partial charge in [-0.1, -0.05) is 11.2 Å². The fourth-order valence-corrected chi connectivity index (χ4v) is 4.05. The molecule has 0 unspecified atom stereocenters. The molecular weight excluding hydrogens is 382 g/mol. The predicted octanol–water partition coefficient (Wildman–Crippen LogP) is 3.76. The van der Waals surface area contributed by atoms with Crippen molar-refractivity contribution >= 4 is 5.91 Å². The molecule has 0 aliphatic heterocycles. The van der Waals surface area contributed by atoms with Gasteiger partial charge in [0.05, 0.1) is 5.69 Å². The van der Waals surface area contributed by atoms with Crippen LogP contribution in [0.1, 0.15) is 60.9 Å². The van der Waals surface area contributed by atoms with E-state index in [1.165, 1.54) is 0 Å². The van der Waals surface area contributed by atoms with Gasteiger partial charge in [-0.2, -0.15) is 0 Å². The second kappa shape index (κ2) is 9.19. The average molecular weight is 409 g/mol. The number of carbonyl (C=O) groups excluding carboxylic acids is 1. The van der Waals surface area contributed by atoms with Gasteiger partial charge in [0.25, 0.3) is 5.89 Å². The maximum absolute atomic E-state index is 12.2. The second-order valence-electron chi connectivity index (χ2n) is 7.98. The van der Waals surface area contributed by atoms with Gasteiger partial charge in [0, 0.05) is 30.6 Å². The van der Waals surface area contributed by atoms with Crippen LogP contribution >= 0.6 is 0 Å². The van der Waals surface area contributed by atoms with Crippen LogP contribution in [0.4, 0.5) is 0 Å². The third-order valence-corrected chi connectivity index (χ3v) is 5.89. The molecule has 8 nitrogen and oxygen atoms in total. The fourth-order valence-electron chi connectivity index (χ4n) is 4.05. The Morgan fingerprint density at radius 3 is 2.70 bits per heavy atom. The molecule has 0 aromatic carbocycles. The number of nitrogens with one attached hydrogen (secondary N) is 1. The summed E-state index contributed by atoms with van der Waals surface area (Å²) in [4.78, 5) is 16.5. The van der Waals surface area contributed by atoms with Gasteiger partial charge in [0.2, 0.25) is 11.8 Å². The van der Waals surface area contributed by atoms with Crippen molar-refractivity contribution in [1.82, 2.24) is 25.7 Å². The lowest BCUT2D eigenvalue weighted by Crippen LogP contribution is -2.31. The van der Waals surface area contributed by atoms with E-state index in [0.717, 1.165) is 49.2 Å². The largest absolute Gasteiger partial charge is 0.419 e. The van der Waals surface area contributed by atoms with Crippen LogP contribution in [0.25, 0.3) is 11.6 Å². The molecule has 1 aliphatic rings. The van der Waals surface area contributed by atoms with Crippen molar-refractivity contribution in [3.63, 3.8) is 0 Å². The van der Waals surface area contributed by atoms with Crippen molar-refractivity contribution in [1.29, 1.82) is 0 Å². The molecule has 1 N–H and O–H groups in total. The minimum Gasteiger partial charge on any atom is -0.419 e. The lowest BCUT2D eigenvalue weighted by atomic mass is 9.82. The number of nitrogens with zero attached hydrogens (tertiary/aromatic N) is 4. The van der Waals surface area contributed by atoms with Gasteiger partial charge < -0.3 is 14.3 Å². The summed E-state index contributed by atoms with van der Waals surface area (Å²) >= 11 is 0. The Bertz CT molecular complexity index is 954. The van der Waals surface area contributed by atoms with Crippen molar-refractivity contribution in [2.75, 3.05) is 6.54 Å². The monoisotopic (exact) mass is 409 g/mol. The van der Waals surface area contributed by atoms with Gasteiger partial charge in [-0.25, -0.2) is 0 Å². The molecule has 3 heterocycles. The number of hydrogen-bond acceptors (Lipinski definition) is 7. The number of amides is 1. The molecule has 30 heavy (non-hydrogen) atoms. The van der Waals surface area contributed by atoms with E-state index in [9.17, 15) is 4.79 Å². The van der Waals surface area contributed by atoms with E-state index in [0.29, 0.717) is 36.2 Å². The Morgan fingerprint density at radius 1 is 1.17 bits per heavy atom. The summed E-state index contributed by atoms with van der Waals surface area (Å²) in [5.74, 6) is 2.81. The van der Waals surface area contributed by atoms with Crippen LogP contribution in [0.5, 0.6) is 0 Å². The van der Waals surface area contributed by atoms with E-state index in [1.807, 2.05) is 32.0 Å². The quantitative estimate of drug-likeness (QED) is 0.633. The number of pyridine rings is 1. The predicted molar refractivity (Wildman–Crippen MR) is 110 cm³/mol. The standard InChI is InChI=1S/C22H27N5O3/c1-14-18(15(2)30-27-14)10-11-20(28)24-13-16-6-8-17(9-7-16)21-25-26-22(29-21)19-5-3-4-12-23-19/h3-5,12,16-17H,6-11,13H2,1-2H3,(H,24,28). The normalized spacial score (nSPS) is 19.0. The van der Waals surface area contributed by atoms with Gasteiger partial charge in [-0.3, -0.25) is 9.78 Å². The SMILES string of the molecule is Cc1noc(C)c1CCC(=O)NCC1CCC(c2nnc(-c3ccccn3)o2)CC1. The summed E-state index contributed by atoms with van der Waals surface area (Å²) in [6.07, 6.45) is 6.89. The Balaban J connectivity index is 1.20. The van der Waals surface area contributed by atoms with E-state index in [4.69, 9.17) is 8.94 Å². The zero-order valence-corrected chi connectivity index (χ0v) is 17.4. The van der Waals surface area contributed by atoms with Crippen LogP contribution in [0, 0.1) is 19.8 Å². The van der Waals surface area contributed by atoms with Gasteiger partial charge >= 0.3 is 0 Å². The Morgan fingerprint density at radius 2 is 2.00 bits per heavy atom. The van der Waals surface area contributed by atoms with Crippen LogP contribution in [0.15, 0.2) is 33.3 Å². The third kappa shape index (κ3) is 4.75. The second-order valence-corrected chi connectivity index (χ2v) is 7.98. The van der Waals surface area contributed by atoms with E-state index < -0.39 is 0 Å². The average Bonchev–Trinajstić information content (AvgIpc) is 3.39. The molecule has 1 fully saturated rings. The molecule has 1 amide bonds. The van der Waals surface area contributed by atoms with E-state index in [1.54, 1.807) is 6.20 Å². The lowest BCUT2D eigenvalue weighted by molar-refractivity contribution is -0.121. The molecule has 1 aliphatic carbocycles. The highest BCUT2D eigenvalue weighted by Gasteiger charge is 2.27. The molecule has 8 heteroatoms. The highest BCUT2D eigenvalue weighted by molar-refractivity contribution is 5.76. The highest BCUT2D eigenvalue weighted by Crippen LogP contribution is 2.35. The van der Waals surface area contributed by atoms with Crippen molar-refractivity contribution in [2.45, 2.75) is 58.3 Å². The minimum atomic E-state index is 0.0778. The number of aryl methyl sites for hydroxylation is 2. The van der Waals surface area contributed by atoms with E-state index >= 15 is 0 Å². The van der Waals surface area contributed by atoms with Crippen LogP contribution < -0.4 is 5.32 Å².